The molecule has 0 amide bonds. The van der Waals surface area contributed by atoms with Gasteiger partial charge >= 0.3 is 0 Å². The first-order chi connectivity index (χ1) is 14.5. The number of aryl methyl sites for hydroxylation is 1. The van der Waals surface area contributed by atoms with Crippen molar-refractivity contribution in [2.24, 2.45) is 0 Å². The molecule has 0 aliphatic carbocycles. The van der Waals surface area contributed by atoms with E-state index in [0.717, 1.165) is 16.5 Å². The zero-order chi connectivity index (χ0) is 21.1. The minimum absolute atomic E-state index is 0.0300. The van der Waals surface area contributed by atoms with E-state index >= 15 is 0 Å². The fourth-order valence-electron chi connectivity index (χ4n) is 3.36. The fourth-order valence-corrected chi connectivity index (χ4v) is 3.36. The third-order valence-corrected chi connectivity index (χ3v) is 5.05. The van der Waals surface area contributed by atoms with Gasteiger partial charge in [0.1, 0.15) is 11.6 Å². The van der Waals surface area contributed by atoms with E-state index in [-0.39, 0.29) is 18.2 Å². The van der Waals surface area contributed by atoms with Crippen molar-refractivity contribution in [3.63, 3.8) is 0 Å². The van der Waals surface area contributed by atoms with Crippen LogP contribution in [0.25, 0.3) is 10.8 Å². The summed E-state index contributed by atoms with van der Waals surface area (Å²) in [5.41, 5.74) is 2.52. The number of fused-ring (bicyclic) bond motifs is 1. The quantitative estimate of drug-likeness (QED) is 0.515. The Bertz CT molecular complexity index is 1230. The van der Waals surface area contributed by atoms with Crippen LogP contribution in [0.3, 0.4) is 0 Å². The molecule has 2 heterocycles. The maximum Gasteiger partial charge on any atom is 0.275 e. The molecule has 2 aromatic heterocycles. The minimum Gasteiger partial charge on any atom is -0.392 e. The minimum atomic E-state index is -0.340. The van der Waals surface area contributed by atoms with Crippen LogP contribution in [0.1, 0.15) is 35.6 Å². The largest absolute Gasteiger partial charge is 0.392 e. The van der Waals surface area contributed by atoms with E-state index in [1.165, 1.54) is 4.68 Å². The lowest BCUT2D eigenvalue weighted by molar-refractivity contribution is 0.282. The highest BCUT2D eigenvalue weighted by Gasteiger charge is 2.16. The molecule has 0 spiro atoms. The number of nitrogens with one attached hydrogen (secondary N) is 1. The van der Waals surface area contributed by atoms with Crippen LogP contribution < -0.4 is 10.9 Å². The van der Waals surface area contributed by atoms with Crippen LogP contribution in [0.5, 0.6) is 0 Å². The molecule has 1 atom stereocenters. The number of aliphatic hydroxyl groups is 1. The second-order valence-corrected chi connectivity index (χ2v) is 7.21. The van der Waals surface area contributed by atoms with Crippen molar-refractivity contribution in [2.75, 3.05) is 5.32 Å². The average Bonchev–Trinajstić information content (AvgIpc) is 2.78. The summed E-state index contributed by atoms with van der Waals surface area (Å²) in [5.74, 6) is 1.30. The number of benzene rings is 2. The van der Waals surface area contributed by atoms with E-state index in [2.05, 4.69) is 20.4 Å². The second kappa shape index (κ2) is 8.42. The number of hydrogen-bond donors (Lipinski definition) is 2. The molecule has 0 radical (unpaired) electrons. The van der Waals surface area contributed by atoms with Gasteiger partial charge in [0.05, 0.1) is 29.9 Å². The number of nitrogens with zero attached hydrogens (tertiary/aromatic N) is 4. The molecule has 7 heteroatoms. The highest BCUT2D eigenvalue weighted by atomic mass is 16.3. The van der Waals surface area contributed by atoms with Crippen molar-refractivity contribution in [3.8, 4) is 0 Å². The molecule has 4 rings (SSSR count). The van der Waals surface area contributed by atoms with Gasteiger partial charge in [0.15, 0.2) is 0 Å². The fraction of sp³-hybridized carbons (Fsp3) is 0.217. The van der Waals surface area contributed by atoms with Crippen LogP contribution in [0.15, 0.2) is 65.6 Å². The SMILES string of the molecule is Cc1nc(NCc2ccc(CO)cc2)cc([C@H](C)n2ncc3ccccc3c2=O)n1. The molecular formula is C23H23N5O2. The summed E-state index contributed by atoms with van der Waals surface area (Å²) in [5, 5.41) is 18.3. The first-order valence-electron chi connectivity index (χ1n) is 9.80. The summed E-state index contributed by atoms with van der Waals surface area (Å²) in [4.78, 5) is 21.9. The Kier molecular flexibility index (Phi) is 5.54. The Morgan fingerprint density at radius 1 is 1.07 bits per heavy atom. The summed E-state index contributed by atoms with van der Waals surface area (Å²) >= 11 is 0. The topological polar surface area (TPSA) is 92.9 Å². The highest BCUT2D eigenvalue weighted by molar-refractivity contribution is 5.80. The average molecular weight is 401 g/mol. The molecule has 0 saturated heterocycles. The first-order valence-corrected chi connectivity index (χ1v) is 9.80. The molecule has 0 aliphatic rings. The standard InChI is InChI=1S/C23H23N5O2/c1-15(28-23(30)20-6-4-3-5-19(20)13-25-28)21-11-22(27-16(2)26-21)24-12-17-7-9-18(14-29)10-8-17/h3-11,13,15,29H,12,14H2,1-2H3,(H,24,26,27)/t15-/m0/s1. The van der Waals surface area contributed by atoms with Crippen molar-refractivity contribution >= 4 is 16.6 Å². The molecule has 0 aliphatic heterocycles. The molecule has 30 heavy (non-hydrogen) atoms. The molecule has 152 valence electrons. The van der Waals surface area contributed by atoms with Crippen molar-refractivity contribution < 1.29 is 5.11 Å². The van der Waals surface area contributed by atoms with Gasteiger partial charge in [-0.1, -0.05) is 42.5 Å². The van der Waals surface area contributed by atoms with E-state index in [9.17, 15) is 4.79 Å². The highest BCUT2D eigenvalue weighted by Crippen LogP contribution is 2.18. The molecule has 2 aromatic carbocycles. The van der Waals surface area contributed by atoms with E-state index < -0.39 is 0 Å². The number of rotatable bonds is 6. The van der Waals surface area contributed by atoms with E-state index in [0.29, 0.717) is 29.3 Å². The van der Waals surface area contributed by atoms with Crippen LogP contribution in [-0.2, 0) is 13.2 Å². The number of aromatic nitrogens is 4. The van der Waals surface area contributed by atoms with Crippen LogP contribution in [0.2, 0.25) is 0 Å². The summed E-state index contributed by atoms with van der Waals surface area (Å²) in [6, 6.07) is 16.7. The Morgan fingerprint density at radius 3 is 2.57 bits per heavy atom. The normalized spacial score (nSPS) is 12.1. The van der Waals surface area contributed by atoms with Gasteiger partial charge in [-0.15, -0.1) is 0 Å². The number of anilines is 1. The maximum atomic E-state index is 12.9. The Morgan fingerprint density at radius 2 is 1.80 bits per heavy atom. The second-order valence-electron chi connectivity index (χ2n) is 7.21. The summed E-state index contributed by atoms with van der Waals surface area (Å²) < 4.78 is 1.46. The van der Waals surface area contributed by atoms with Gasteiger partial charge in [0, 0.05) is 18.0 Å². The Labute approximate surface area is 174 Å². The lowest BCUT2D eigenvalue weighted by atomic mass is 10.1. The van der Waals surface area contributed by atoms with Crippen molar-refractivity contribution in [3.05, 3.63) is 93.8 Å². The monoisotopic (exact) mass is 401 g/mol. The van der Waals surface area contributed by atoms with Gasteiger partial charge < -0.3 is 10.4 Å². The molecule has 2 N–H and O–H groups in total. The predicted octanol–water partition coefficient (Wildman–Crippen LogP) is 3.21. The predicted molar refractivity (Wildman–Crippen MR) is 116 cm³/mol. The van der Waals surface area contributed by atoms with Gasteiger partial charge in [-0.05, 0) is 31.0 Å². The van der Waals surface area contributed by atoms with E-state index in [1.807, 2.05) is 68.4 Å². The maximum absolute atomic E-state index is 12.9. The van der Waals surface area contributed by atoms with Crippen LogP contribution in [-0.4, -0.2) is 24.9 Å². The summed E-state index contributed by atoms with van der Waals surface area (Å²) in [7, 11) is 0. The number of aliphatic hydroxyl groups excluding tert-OH is 1. The van der Waals surface area contributed by atoms with Gasteiger partial charge in [0.2, 0.25) is 0 Å². The first kappa shape index (κ1) is 19.7. The Balaban J connectivity index is 1.59. The van der Waals surface area contributed by atoms with Crippen LogP contribution in [0, 0.1) is 6.92 Å². The van der Waals surface area contributed by atoms with Gasteiger partial charge in [-0.2, -0.15) is 5.10 Å². The smallest absolute Gasteiger partial charge is 0.275 e. The van der Waals surface area contributed by atoms with E-state index in [1.54, 1.807) is 6.20 Å². The molecular weight excluding hydrogens is 378 g/mol. The number of hydrogen-bond acceptors (Lipinski definition) is 6. The third-order valence-electron chi connectivity index (χ3n) is 5.05. The van der Waals surface area contributed by atoms with Crippen molar-refractivity contribution in [1.82, 2.24) is 19.7 Å². The van der Waals surface area contributed by atoms with Crippen LogP contribution >= 0.6 is 0 Å². The molecule has 0 saturated carbocycles. The molecule has 0 fully saturated rings. The van der Waals surface area contributed by atoms with E-state index in [4.69, 9.17) is 5.11 Å². The zero-order valence-electron chi connectivity index (χ0n) is 16.9. The lowest BCUT2D eigenvalue weighted by Crippen LogP contribution is -2.27. The Hall–Kier alpha value is -3.58. The zero-order valence-corrected chi connectivity index (χ0v) is 16.9. The van der Waals surface area contributed by atoms with Gasteiger partial charge in [0.25, 0.3) is 5.56 Å². The van der Waals surface area contributed by atoms with Gasteiger partial charge in [-0.3, -0.25) is 4.79 Å². The summed E-state index contributed by atoms with van der Waals surface area (Å²) in [6.45, 7) is 4.35. The van der Waals surface area contributed by atoms with Gasteiger partial charge in [-0.25, -0.2) is 14.6 Å². The van der Waals surface area contributed by atoms with Crippen molar-refractivity contribution in [2.45, 2.75) is 33.0 Å². The molecule has 7 nitrogen and oxygen atoms in total. The van der Waals surface area contributed by atoms with Crippen LogP contribution in [0.4, 0.5) is 5.82 Å². The van der Waals surface area contributed by atoms with Crippen molar-refractivity contribution in [1.29, 1.82) is 0 Å². The molecule has 0 unspecified atom stereocenters. The summed E-state index contributed by atoms with van der Waals surface area (Å²) in [6.07, 6.45) is 1.70. The molecule has 4 aromatic rings. The lowest BCUT2D eigenvalue weighted by Gasteiger charge is -2.16. The molecule has 0 bridgehead atoms. The third kappa shape index (κ3) is 4.06.